The van der Waals surface area contributed by atoms with Crippen molar-refractivity contribution in [2.24, 2.45) is 0 Å². The maximum atomic E-state index is 12.6. The molecule has 1 atom stereocenters. The summed E-state index contributed by atoms with van der Waals surface area (Å²) in [4.78, 5) is 14.6. The molecule has 20 heavy (non-hydrogen) atoms. The molecule has 1 unspecified atom stereocenters. The van der Waals surface area contributed by atoms with Crippen LogP contribution in [0.5, 0.6) is 0 Å². The largest absolute Gasteiger partial charge is 0.335 e. The summed E-state index contributed by atoms with van der Waals surface area (Å²) < 4.78 is 0. The van der Waals surface area contributed by atoms with E-state index in [0.29, 0.717) is 16.6 Å². The van der Waals surface area contributed by atoms with E-state index in [2.05, 4.69) is 19.2 Å². The number of carbonyl (C=O) groups excluding carboxylic acids is 1. The Balaban J connectivity index is 2.07. The summed E-state index contributed by atoms with van der Waals surface area (Å²) >= 11 is 5.88. The zero-order chi connectivity index (χ0) is 14.5. The van der Waals surface area contributed by atoms with Crippen molar-refractivity contribution in [3.63, 3.8) is 0 Å². The van der Waals surface area contributed by atoms with Gasteiger partial charge in [-0.25, -0.2) is 0 Å². The first-order chi connectivity index (χ1) is 9.58. The molecular formula is C16H23ClN2O. The minimum atomic E-state index is 0.0871. The van der Waals surface area contributed by atoms with Gasteiger partial charge in [0.2, 0.25) is 0 Å². The van der Waals surface area contributed by atoms with Gasteiger partial charge in [-0.15, -0.1) is 0 Å². The molecule has 0 bridgehead atoms. The van der Waals surface area contributed by atoms with Crippen molar-refractivity contribution in [3.05, 3.63) is 34.9 Å². The maximum Gasteiger partial charge on any atom is 0.254 e. The first-order valence-electron chi connectivity index (χ1n) is 7.38. The molecule has 0 radical (unpaired) electrons. The highest BCUT2D eigenvalue weighted by atomic mass is 35.5. The van der Waals surface area contributed by atoms with Gasteiger partial charge in [0.05, 0.1) is 0 Å². The quantitative estimate of drug-likeness (QED) is 0.924. The van der Waals surface area contributed by atoms with Gasteiger partial charge in [0, 0.05) is 29.2 Å². The number of hydrogen-bond acceptors (Lipinski definition) is 2. The van der Waals surface area contributed by atoms with Crippen LogP contribution in [0.25, 0.3) is 0 Å². The normalized spacial score (nSPS) is 19.1. The fraction of sp³-hybridized carbons (Fsp3) is 0.562. The van der Waals surface area contributed by atoms with Crippen molar-refractivity contribution >= 4 is 17.5 Å². The molecule has 3 nitrogen and oxygen atoms in total. The lowest BCUT2D eigenvalue weighted by Crippen LogP contribution is -2.48. The Bertz CT molecular complexity index is 438. The molecule has 1 heterocycles. The van der Waals surface area contributed by atoms with Crippen LogP contribution in [0.1, 0.15) is 43.5 Å². The van der Waals surface area contributed by atoms with E-state index in [4.69, 9.17) is 11.6 Å². The molecule has 1 aliphatic heterocycles. The average molecular weight is 295 g/mol. The van der Waals surface area contributed by atoms with Crippen molar-refractivity contribution in [1.29, 1.82) is 0 Å². The highest BCUT2D eigenvalue weighted by molar-refractivity contribution is 6.30. The van der Waals surface area contributed by atoms with Gasteiger partial charge in [0.1, 0.15) is 0 Å². The molecule has 110 valence electrons. The lowest BCUT2D eigenvalue weighted by molar-refractivity contribution is 0.0677. The number of benzene rings is 1. The molecule has 1 aromatic carbocycles. The van der Waals surface area contributed by atoms with Crippen molar-refractivity contribution in [1.82, 2.24) is 10.2 Å². The first kappa shape index (κ1) is 15.3. The minimum Gasteiger partial charge on any atom is -0.335 e. The Morgan fingerprint density at radius 2 is 2.05 bits per heavy atom. The van der Waals surface area contributed by atoms with Crippen LogP contribution in [0.4, 0.5) is 0 Å². The Labute approximate surface area is 126 Å². The minimum absolute atomic E-state index is 0.0871. The van der Waals surface area contributed by atoms with Crippen LogP contribution < -0.4 is 5.32 Å². The van der Waals surface area contributed by atoms with Crippen LogP contribution >= 0.6 is 11.6 Å². The molecule has 1 aliphatic rings. The number of nitrogens with one attached hydrogen (secondary N) is 1. The fourth-order valence-corrected chi connectivity index (χ4v) is 2.73. The Hall–Kier alpha value is -1.06. The third-order valence-corrected chi connectivity index (χ3v) is 4.06. The van der Waals surface area contributed by atoms with Crippen LogP contribution in [-0.4, -0.2) is 36.0 Å². The maximum absolute atomic E-state index is 12.6. The number of piperidine rings is 1. The molecule has 0 saturated carbocycles. The topological polar surface area (TPSA) is 32.3 Å². The molecule has 0 aliphatic carbocycles. The van der Waals surface area contributed by atoms with E-state index in [-0.39, 0.29) is 11.9 Å². The summed E-state index contributed by atoms with van der Waals surface area (Å²) in [5.41, 5.74) is 0.707. The summed E-state index contributed by atoms with van der Waals surface area (Å²) in [6.45, 7) is 5.97. The van der Waals surface area contributed by atoms with Gasteiger partial charge < -0.3 is 10.2 Å². The summed E-state index contributed by atoms with van der Waals surface area (Å²) in [5.74, 6) is 0.0871. The van der Waals surface area contributed by atoms with Crippen LogP contribution in [0.3, 0.4) is 0 Å². The third kappa shape index (κ3) is 3.97. The lowest BCUT2D eigenvalue weighted by atomic mass is 10.0. The lowest BCUT2D eigenvalue weighted by Gasteiger charge is -2.33. The number of rotatable bonds is 4. The standard InChI is InChI=1S/C16H23ClN2O/c1-12(2)19(11-15-5-3-4-10-18-15)16(20)13-6-8-14(17)9-7-13/h6-9,12,15,18H,3-5,10-11H2,1-2H3. The van der Waals surface area contributed by atoms with Crippen molar-refractivity contribution in [2.45, 2.75) is 45.2 Å². The third-order valence-electron chi connectivity index (χ3n) is 3.80. The summed E-state index contributed by atoms with van der Waals surface area (Å²) in [6, 6.07) is 7.75. The average Bonchev–Trinajstić information content (AvgIpc) is 2.45. The predicted octanol–water partition coefficient (Wildman–Crippen LogP) is 3.33. The smallest absolute Gasteiger partial charge is 0.254 e. The number of amides is 1. The van der Waals surface area contributed by atoms with Crippen LogP contribution in [0.2, 0.25) is 5.02 Å². The second kappa shape index (κ2) is 7.09. The van der Waals surface area contributed by atoms with Crippen molar-refractivity contribution < 1.29 is 4.79 Å². The van der Waals surface area contributed by atoms with E-state index in [1.165, 1.54) is 12.8 Å². The van der Waals surface area contributed by atoms with Gasteiger partial charge in [-0.05, 0) is 57.5 Å². The van der Waals surface area contributed by atoms with Gasteiger partial charge in [-0.2, -0.15) is 0 Å². The van der Waals surface area contributed by atoms with Gasteiger partial charge >= 0.3 is 0 Å². The van der Waals surface area contributed by atoms with Gasteiger partial charge in [-0.1, -0.05) is 18.0 Å². The van der Waals surface area contributed by atoms with Crippen LogP contribution in [0.15, 0.2) is 24.3 Å². The van der Waals surface area contributed by atoms with Crippen molar-refractivity contribution in [3.8, 4) is 0 Å². The summed E-state index contributed by atoms with van der Waals surface area (Å²) in [6.07, 6.45) is 3.64. The molecule has 2 rings (SSSR count). The zero-order valence-corrected chi connectivity index (χ0v) is 13.0. The van der Waals surface area contributed by atoms with Gasteiger partial charge in [-0.3, -0.25) is 4.79 Å². The SMILES string of the molecule is CC(C)N(CC1CCCCN1)C(=O)c1ccc(Cl)cc1. The molecule has 1 amide bonds. The molecule has 1 saturated heterocycles. The summed E-state index contributed by atoms with van der Waals surface area (Å²) in [7, 11) is 0. The number of carbonyl (C=O) groups is 1. The number of hydrogen-bond donors (Lipinski definition) is 1. The molecule has 0 spiro atoms. The predicted molar refractivity (Wildman–Crippen MR) is 83.3 cm³/mol. The zero-order valence-electron chi connectivity index (χ0n) is 12.2. The fourth-order valence-electron chi connectivity index (χ4n) is 2.60. The van der Waals surface area contributed by atoms with Gasteiger partial charge in [0.25, 0.3) is 5.91 Å². The highest BCUT2D eigenvalue weighted by Crippen LogP contribution is 2.15. The van der Waals surface area contributed by atoms with E-state index in [9.17, 15) is 4.79 Å². The molecule has 4 heteroatoms. The second-order valence-electron chi connectivity index (χ2n) is 5.70. The second-order valence-corrected chi connectivity index (χ2v) is 6.14. The van der Waals surface area contributed by atoms with E-state index in [1.807, 2.05) is 4.90 Å². The van der Waals surface area contributed by atoms with E-state index in [0.717, 1.165) is 19.5 Å². The molecular weight excluding hydrogens is 272 g/mol. The summed E-state index contributed by atoms with van der Waals surface area (Å²) in [5, 5.41) is 4.16. The number of halogens is 1. The van der Waals surface area contributed by atoms with Crippen molar-refractivity contribution in [2.75, 3.05) is 13.1 Å². The van der Waals surface area contributed by atoms with Gasteiger partial charge in [0.15, 0.2) is 0 Å². The van der Waals surface area contributed by atoms with E-state index in [1.54, 1.807) is 24.3 Å². The number of nitrogens with zero attached hydrogens (tertiary/aromatic N) is 1. The van der Waals surface area contributed by atoms with E-state index < -0.39 is 0 Å². The molecule has 1 fully saturated rings. The Morgan fingerprint density at radius 1 is 1.35 bits per heavy atom. The van der Waals surface area contributed by atoms with E-state index >= 15 is 0 Å². The molecule has 1 aromatic rings. The molecule has 1 N–H and O–H groups in total. The first-order valence-corrected chi connectivity index (χ1v) is 7.75. The molecule has 0 aromatic heterocycles. The van der Waals surface area contributed by atoms with Crippen LogP contribution in [0, 0.1) is 0 Å². The van der Waals surface area contributed by atoms with Crippen LogP contribution in [-0.2, 0) is 0 Å². The Kier molecular flexibility index (Phi) is 5.44. The monoisotopic (exact) mass is 294 g/mol. The Morgan fingerprint density at radius 3 is 2.60 bits per heavy atom. The highest BCUT2D eigenvalue weighted by Gasteiger charge is 2.23.